The van der Waals surface area contributed by atoms with E-state index in [1.165, 1.54) is 33.6 Å². The van der Waals surface area contributed by atoms with Crippen molar-refractivity contribution in [2.75, 3.05) is 0 Å². The van der Waals surface area contributed by atoms with Gasteiger partial charge in [0.15, 0.2) is 4.80 Å². The van der Waals surface area contributed by atoms with Gasteiger partial charge in [-0.15, -0.1) is 0 Å². The maximum atomic E-state index is 13.7. The molecule has 0 saturated heterocycles. The molecule has 6 rings (SSSR count). The molecule has 2 aliphatic rings. The summed E-state index contributed by atoms with van der Waals surface area (Å²) in [6.45, 7) is 2.09. The minimum absolute atomic E-state index is 0.00434. The average Bonchev–Trinajstić information content (AvgIpc) is 3.14. The van der Waals surface area contributed by atoms with Gasteiger partial charge < -0.3 is 0 Å². The Hall–Kier alpha value is -3.21. The van der Waals surface area contributed by atoms with Crippen molar-refractivity contribution in [1.29, 1.82) is 0 Å². The zero-order valence-electron chi connectivity index (χ0n) is 18.1. The highest BCUT2D eigenvalue weighted by Gasteiger charge is 2.32. The maximum Gasteiger partial charge on any atom is 0.271 e. The zero-order chi connectivity index (χ0) is 22.5. The summed E-state index contributed by atoms with van der Waals surface area (Å²) in [5, 5.41) is 0.680. The molecule has 5 heteroatoms. The van der Waals surface area contributed by atoms with Crippen molar-refractivity contribution in [1.82, 2.24) is 4.57 Å². The number of aromatic nitrogens is 1. The van der Waals surface area contributed by atoms with Crippen molar-refractivity contribution >= 4 is 34.7 Å². The predicted molar refractivity (Wildman–Crippen MR) is 135 cm³/mol. The first-order valence-electron chi connectivity index (χ1n) is 11.0. The Balaban J connectivity index is 1.62. The predicted octanol–water partition coefficient (Wildman–Crippen LogP) is 5.28. The third-order valence-corrected chi connectivity index (χ3v) is 7.67. The van der Waals surface area contributed by atoms with Crippen LogP contribution in [0.3, 0.4) is 0 Å². The largest absolute Gasteiger partial charge is 0.272 e. The topological polar surface area (TPSA) is 34.4 Å². The quantitative estimate of drug-likeness (QED) is 0.394. The number of hydrogen-bond donors (Lipinski definition) is 0. The van der Waals surface area contributed by atoms with Gasteiger partial charge in [0.05, 0.1) is 16.3 Å². The van der Waals surface area contributed by atoms with E-state index in [0.29, 0.717) is 9.55 Å². The van der Waals surface area contributed by atoms with Crippen LogP contribution in [0.1, 0.15) is 40.3 Å². The number of thiazole rings is 1. The van der Waals surface area contributed by atoms with Crippen molar-refractivity contribution in [2.45, 2.75) is 25.8 Å². The minimum atomic E-state index is -0.141. The van der Waals surface area contributed by atoms with E-state index in [4.69, 9.17) is 16.6 Å². The van der Waals surface area contributed by atoms with Crippen LogP contribution in [-0.4, -0.2) is 4.57 Å². The zero-order valence-corrected chi connectivity index (χ0v) is 19.7. The van der Waals surface area contributed by atoms with Gasteiger partial charge in [-0.3, -0.25) is 9.36 Å². The second-order valence-electron chi connectivity index (χ2n) is 8.58. The summed E-state index contributed by atoms with van der Waals surface area (Å²) in [4.78, 5) is 19.5. The molecule has 162 valence electrons. The van der Waals surface area contributed by atoms with Gasteiger partial charge in [0.25, 0.3) is 5.56 Å². The van der Waals surface area contributed by atoms with Crippen molar-refractivity contribution in [3.8, 4) is 0 Å². The monoisotopic (exact) mass is 468 g/mol. The number of hydrogen-bond acceptors (Lipinski definition) is 3. The third kappa shape index (κ3) is 3.50. The molecule has 0 N–H and O–H groups in total. The highest BCUT2D eigenvalue weighted by atomic mass is 35.5. The molecular formula is C28H21ClN2OS. The standard InChI is InChI=1S/C28H21ClN2OS/c1-17-6-10-20(11-7-17)26-23-15-12-19-4-2-3-5-22(19)25(23)30-28-31(26)27(32)24(33-28)16-18-8-13-21(29)14-9-18/h2-11,13-14,16,26H,12,15H2,1H3/b24-16+/t26-/m0/s1. The van der Waals surface area contributed by atoms with Crippen molar-refractivity contribution < 1.29 is 0 Å². The van der Waals surface area contributed by atoms with E-state index in [0.717, 1.165) is 34.5 Å². The number of aryl methyl sites for hydroxylation is 2. The van der Waals surface area contributed by atoms with E-state index in [-0.39, 0.29) is 11.6 Å². The lowest BCUT2D eigenvalue weighted by atomic mass is 9.83. The van der Waals surface area contributed by atoms with Crippen LogP contribution < -0.4 is 14.9 Å². The van der Waals surface area contributed by atoms with Crippen LogP contribution in [0.15, 0.2) is 88.2 Å². The van der Waals surface area contributed by atoms with E-state index in [9.17, 15) is 4.79 Å². The highest BCUT2D eigenvalue weighted by Crippen LogP contribution is 2.41. The molecule has 0 saturated carbocycles. The van der Waals surface area contributed by atoms with Crippen LogP contribution in [-0.2, 0) is 6.42 Å². The summed E-state index contributed by atoms with van der Waals surface area (Å²) in [6, 6.07) is 24.4. The molecule has 0 spiro atoms. The molecule has 1 aliphatic heterocycles. The molecular weight excluding hydrogens is 448 g/mol. The van der Waals surface area contributed by atoms with Crippen molar-refractivity contribution in [3.05, 3.63) is 131 Å². The second kappa shape index (κ2) is 7.98. The summed E-state index contributed by atoms with van der Waals surface area (Å²) in [6.07, 6.45) is 3.79. The molecule has 0 fully saturated rings. The number of allylic oxidation sites excluding steroid dienone is 1. The number of fused-ring (bicyclic) bond motifs is 3. The lowest BCUT2D eigenvalue weighted by molar-refractivity contribution is 0.585. The average molecular weight is 469 g/mol. The number of nitrogens with zero attached hydrogens (tertiary/aromatic N) is 2. The molecule has 1 aromatic heterocycles. The van der Waals surface area contributed by atoms with Gasteiger partial charge in [0.1, 0.15) is 0 Å². The molecule has 2 heterocycles. The summed E-state index contributed by atoms with van der Waals surface area (Å²) >= 11 is 7.49. The molecule has 0 amide bonds. The fraction of sp³-hybridized carbons (Fsp3) is 0.143. The van der Waals surface area contributed by atoms with Crippen LogP contribution in [0.25, 0.3) is 11.8 Å². The van der Waals surface area contributed by atoms with E-state index in [1.807, 2.05) is 34.9 Å². The summed E-state index contributed by atoms with van der Waals surface area (Å²) in [5.41, 5.74) is 8.05. The van der Waals surface area contributed by atoms with Gasteiger partial charge in [-0.2, -0.15) is 0 Å². The molecule has 4 aromatic rings. The molecule has 3 nitrogen and oxygen atoms in total. The molecule has 0 radical (unpaired) electrons. The molecule has 33 heavy (non-hydrogen) atoms. The van der Waals surface area contributed by atoms with Gasteiger partial charge in [0, 0.05) is 10.6 Å². The molecule has 3 aromatic carbocycles. The van der Waals surface area contributed by atoms with E-state index < -0.39 is 0 Å². The Kier molecular flexibility index (Phi) is 4.93. The van der Waals surface area contributed by atoms with Gasteiger partial charge in [-0.05, 0) is 60.2 Å². The lowest BCUT2D eigenvalue weighted by Crippen LogP contribution is -2.38. The fourth-order valence-electron chi connectivity index (χ4n) is 4.78. The normalized spacial score (nSPS) is 17.3. The smallest absolute Gasteiger partial charge is 0.271 e. The highest BCUT2D eigenvalue weighted by molar-refractivity contribution is 7.07. The second-order valence-corrected chi connectivity index (χ2v) is 10.0. The Morgan fingerprint density at radius 1 is 1.00 bits per heavy atom. The number of halogens is 1. The number of benzene rings is 3. The summed E-state index contributed by atoms with van der Waals surface area (Å²) < 4.78 is 2.57. The van der Waals surface area contributed by atoms with Crippen LogP contribution in [0.4, 0.5) is 0 Å². The van der Waals surface area contributed by atoms with Gasteiger partial charge in [0.2, 0.25) is 0 Å². The van der Waals surface area contributed by atoms with E-state index in [1.54, 1.807) is 0 Å². The van der Waals surface area contributed by atoms with Gasteiger partial charge in [-0.1, -0.05) is 89.2 Å². The van der Waals surface area contributed by atoms with E-state index in [2.05, 4.69) is 55.5 Å². The molecule has 0 bridgehead atoms. The lowest BCUT2D eigenvalue weighted by Gasteiger charge is -2.30. The minimum Gasteiger partial charge on any atom is -0.272 e. The van der Waals surface area contributed by atoms with Crippen LogP contribution in [0, 0.1) is 6.92 Å². The first-order valence-corrected chi connectivity index (χ1v) is 12.2. The Morgan fingerprint density at radius 3 is 2.55 bits per heavy atom. The molecule has 1 atom stereocenters. The van der Waals surface area contributed by atoms with Gasteiger partial charge >= 0.3 is 0 Å². The Bertz CT molecular complexity index is 1590. The molecule has 1 aliphatic carbocycles. The maximum absolute atomic E-state index is 13.7. The SMILES string of the molecule is Cc1ccc([C@H]2C3=C(N=c4s/c(=C/c5ccc(Cl)cc5)c(=O)n42)c2ccccc2CC3)cc1. The Labute approximate surface area is 200 Å². The number of rotatable bonds is 2. The van der Waals surface area contributed by atoms with Gasteiger partial charge in [-0.25, -0.2) is 4.99 Å². The Morgan fingerprint density at radius 2 is 1.76 bits per heavy atom. The summed E-state index contributed by atoms with van der Waals surface area (Å²) in [5.74, 6) is 0. The van der Waals surface area contributed by atoms with E-state index >= 15 is 0 Å². The summed E-state index contributed by atoms with van der Waals surface area (Å²) in [7, 11) is 0. The van der Waals surface area contributed by atoms with Crippen LogP contribution in [0.5, 0.6) is 0 Å². The van der Waals surface area contributed by atoms with Crippen LogP contribution >= 0.6 is 22.9 Å². The van der Waals surface area contributed by atoms with Crippen LogP contribution in [0.2, 0.25) is 5.02 Å². The third-order valence-electron chi connectivity index (χ3n) is 6.43. The first-order chi connectivity index (χ1) is 16.1. The fourth-order valence-corrected chi connectivity index (χ4v) is 5.91. The van der Waals surface area contributed by atoms with Crippen molar-refractivity contribution in [2.24, 2.45) is 4.99 Å². The molecule has 0 unspecified atom stereocenters. The van der Waals surface area contributed by atoms with Crippen molar-refractivity contribution in [3.63, 3.8) is 0 Å². The first kappa shape index (κ1) is 20.4.